The Bertz CT molecular complexity index is 1320. The Labute approximate surface area is 177 Å². The van der Waals surface area contributed by atoms with Crippen molar-refractivity contribution in [3.05, 3.63) is 83.7 Å². The van der Waals surface area contributed by atoms with Crippen molar-refractivity contribution in [2.45, 2.75) is 11.8 Å². The predicted octanol–water partition coefficient (Wildman–Crippen LogP) is 4.23. The minimum absolute atomic E-state index is 0.0575. The smallest absolute Gasteiger partial charge is 0.263 e. The SMILES string of the molecule is Cc1cnn(-c2ccc(S(=O)(=O)Nc3cc(-c4ccc(Cl)cc4)ncn3)cc2F)c1. The van der Waals surface area contributed by atoms with Gasteiger partial charge in [0.2, 0.25) is 0 Å². The van der Waals surface area contributed by atoms with Crippen LogP contribution in [0.1, 0.15) is 5.56 Å². The van der Waals surface area contributed by atoms with Crippen LogP contribution >= 0.6 is 11.6 Å². The second-order valence-electron chi connectivity index (χ2n) is 6.48. The number of anilines is 1. The molecule has 0 aliphatic heterocycles. The molecule has 2 aromatic carbocycles. The fraction of sp³-hybridized carbons (Fsp3) is 0.0500. The Morgan fingerprint density at radius 2 is 1.83 bits per heavy atom. The summed E-state index contributed by atoms with van der Waals surface area (Å²) < 4.78 is 43.7. The average molecular weight is 444 g/mol. The molecule has 10 heteroatoms. The van der Waals surface area contributed by atoms with E-state index >= 15 is 0 Å². The maximum Gasteiger partial charge on any atom is 0.263 e. The van der Waals surface area contributed by atoms with Crippen molar-refractivity contribution < 1.29 is 12.8 Å². The Morgan fingerprint density at radius 3 is 2.50 bits per heavy atom. The summed E-state index contributed by atoms with van der Waals surface area (Å²) in [7, 11) is -4.07. The van der Waals surface area contributed by atoms with Crippen LogP contribution in [0, 0.1) is 12.7 Å². The normalized spacial score (nSPS) is 11.4. The van der Waals surface area contributed by atoms with Gasteiger partial charge < -0.3 is 0 Å². The number of halogens is 2. The lowest BCUT2D eigenvalue weighted by atomic mass is 10.1. The van der Waals surface area contributed by atoms with Gasteiger partial charge >= 0.3 is 0 Å². The first kappa shape index (κ1) is 20.0. The third-order valence-corrected chi connectivity index (χ3v) is 5.84. The lowest BCUT2D eigenvalue weighted by Gasteiger charge is -2.10. The fourth-order valence-corrected chi connectivity index (χ4v) is 3.91. The first-order chi connectivity index (χ1) is 14.3. The second kappa shape index (κ2) is 7.85. The molecule has 1 N–H and O–H groups in total. The number of nitrogens with one attached hydrogen (secondary N) is 1. The Morgan fingerprint density at radius 1 is 1.07 bits per heavy atom. The molecular formula is C20H15ClFN5O2S. The summed E-state index contributed by atoms with van der Waals surface area (Å²) in [6.45, 7) is 1.82. The van der Waals surface area contributed by atoms with E-state index < -0.39 is 15.8 Å². The van der Waals surface area contributed by atoms with Crippen LogP contribution in [-0.4, -0.2) is 28.2 Å². The molecule has 2 heterocycles. The van der Waals surface area contributed by atoms with E-state index in [2.05, 4.69) is 19.8 Å². The zero-order chi connectivity index (χ0) is 21.3. The minimum Gasteiger partial charge on any atom is -0.263 e. The number of rotatable bonds is 5. The van der Waals surface area contributed by atoms with Crippen molar-refractivity contribution in [3.63, 3.8) is 0 Å². The monoisotopic (exact) mass is 443 g/mol. The molecule has 0 unspecified atom stereocenters. The summed E-state index contributed by atoms with van der Waals surface area (Å²) in [5.74, 6) is -0.660. The summed E-state index contributed by atoms with van der Waals surface area (Å²) in [6.07, 6.45) is 4.47. The van der Waals surface area contributed by atoms with Gasteiger partial charge in [0, 0.05) is 22.8 Å². The van der Waals surface area contributed by atoms with E-state index in [1.165, 1.54) is 29.2 Å². The molecule has 0 spiro atoms. The molecule has 0 bridgehead atoms. The third kappa shape index (κ3) is 4.17. The molecule has 0 aliphatic rings. The van der Waals surface area contributed by atoms with Crippen molar-refractivity contribution in [1.82, 2.24) is 19.7 Å². The zero-order valence-electron chi connectivity index (χ0n) is 15.6. The van der Waals surface area contributed by atoms with Gasteiger partial charge in [-0.15, -0.1) is 0 Å². The standard InChI is InChI=1S/C20H15ClFN5O2S/c1-13-10-25-27(11-13)19-7-6-16(8-17(19)22)30(28,29)26-20-9-18(23-12-24-20)14-2-4-15(21)5-3-14/h2-12H,1H3,(H,23,24,26). The molecular weight excluding hydrogens is 429 g/mol. The van der Waals surface area contributed by atoms with Crippen LogP contribution in [0.25, 0.3) is 16.9 Å². The molecule has 30 heavy (non-hydrogen) atoms. The third-order valence-electron chi connectivity index (χ3n) is 4.23. The van der Waals surface area contributed by atoms with E-state index in [1.807, 2.05) is 6.92 Å². The molecule has 0 radical (unpaired) electrons. The topological polar surface area (TPSA) is 89.8 Å². The van der Waals surface area contributed by atoms with Crippen molar-refractivity contribution in [2.24, 2.45) is 0 Å². The quantitative estimate of drug-likeness (QED) is 0.498. The summed E-state index contributed by atoms with van der Waals surface area (Å²) in [4.78, 5) is 7.86. The minimum atomic E-state index is -4.07. The van der Waals surface area contributed by atoms with Crippen LogP contribution in [0.5, 0.6) is 0 Å². The number of hydrogen-bond donors (Lipinski definition) is 1. The van der Waals surface area contributed by atoms with Gasteiger partial charge in [-0.05, 0) is 42.8 Å². The fourth-order valence-electron chi connectivity index (χ4n) is 2.77. The van der Waals surface area contributed by atoms with E-state index in [0.717, 1.165) is 17.2 Å². The highest BCUT2D eigenvalue weighted by Crippen LogP contribution is 2.23. The summed E-state index contributed by atoms with van der Waals surface area (Å²) in [5.41, 5.74) is 2.25. The van der Waals surface area contributed by atoms with Crippen molar-refractivity contribution in [2.75, 3.05) is 4.72 Å². The van der Waals surface area contributed by atoms with E-state index in [0.29, 0.717) is 10.7 Å². The van der Waals surface area contributed by atoms with Gasteiger partial charge in [0.25, 0.3) is 10.0 Å². The molecule has 0 saturated heterocycles. The van der Waals surface area contributed by atoms with Gasteiger partial charge in [-0.3, -0.25) is 4.72 Å². The van der Waals surface area contributed by atoms with Crippen molar-refractivity contribution in [1.29, 1.82) is 0 Å². The van der Waals surface area contributed by atoms with Crippen LogP contribution in [0.4, 0.5) is 10.2 Å². The summed E-state index contributed by atoms with van der Waals surface area (Å²) >= 11 is 5.89. The van der Waals surface area contributed by atoms with Gasteiger partial charge in [-0.25, -0.2) is 27.5 Å². The van der Waals surface area contributed by atoms with E-state index in [1.54, 1.807) is 36.7 Å². The van der Waals surface area contributed by atoms with Crippen LogP contribution < -0.4 is 4.72 Å². The van der Waals surface area contributed by atoms with Gasteiger partial charge in [0.15, 0.2) is 0 Å². The van der Waals surface area contributed by atoms with Gasteiger partial charge in [0.05, 0.1) is 16.8 Å². The number of aromatic nitrogens is 4. The molecule has 2 aromatic heterocycles. The molecule has 152 valence electrons. The number of aryl methyl sites for hydroxylation is 1. The molecule has 4 aromatic rings. The summed E-state index contributed by atoms with van der Waals surface area (Å²) in [6, 6.07) is 12.0. The molecule has 0 amide bonds. The molecule has 0 fully saturated rings. The van der Waals surface area contributed by atoms with Crippen LogP contribution in [-0.2, 0) is 10.0 Å². The Hall–Kier alpha value is -3.30. The molecule has 0 saturated carbocycles. The maximum absolute atomic E-state index is 14.5. The lowest BCUT2D eigenvalue weighted by Crippen LogP contribution is -2.15. The van der Waals surface area contributed by atoms with E-state index in [4.69, 9.17) is 11.6 Å². The molecule has 7 nitrogen and oxygen atoms in total. The van der Waals surface area contributed by atoms with E-state index in [-0.39, 0.29) is 16.4 Å². The summed E-state index contributed by atoms with van der Waals surface area (Å²) in [5, 5.41) is 4.61. The number of nitrogens with zero attached hydrogens (tertiary/aromatic N) is 4. The highest BCUT2D eigenvalue weighted by atomic mass is 35.5. The van der Waals surface area contributed by atoms with E-state index in [9.17, 15) is 12.8 Å². The van der Waals surface area contributed by atoms with Crippen LogP contribution in [0.15, 0.2) is 72.1 Å². The lowest BCUT2D eigenvalue weighted by molar-refractivity contribution is 0.590. The van der Waals surface area contributed by atoms with Crippen molar-refractivity contribution >= 4 is 27.4 Å². The highest BCUT2D eigenvalue weighted by molar-refractivity contribution is 7.92. The first-order valence-electron chi connectivity index (χ1n) is 8.74. The van der Waals surface area contributed by atoms with Gasteiger partial charge in [-0.2, -0.15) is 5.10 Å². The number of hydrogen-bond acceptors (Lipinski definition) is 5. The van der Waals surface area contributed by atoms with Crippen LogP contribution in [0.2, 0.25) is 5.02 Å². The molecule has 0 aliphatic carbocycles. The highest BCUT2D eigenvalue weighted by Gasteiger charge is 2.18. The Balaban J connectivity index is 1.61. The second-order valence-corrected chi connectivity index (χ2v) is 8.60. The maximum atomic E-state index is 14.5. The Kier molecular flexibility index (Phi) is 5.23. The van der Waals surface area contributed by atoms with Crippen molar-refractivity contribution in [3.8, 4) is 16.9 Å². The average Bonchev–Trinajstić information content (AvgIpc) is 3.14. The number of sulfonamides is 1. The largest absolute Gasteiger partial charge is 0.263 e. The van der Waals surface area contributed by atoms with Gasteiger partial charge in [-0.1, -0.05) is 23.7 Å². The number of benzene rings is 2. The molecule has 4 rings (SSSR count). The zero-order valence-corrected chi connectivity index (χ0v) is 17.2. The predicted molar refractivity (Wildman–Crippen MR) is 112 cm³/mol. The molecule has 0 atom stereocenters. The first-order valence-corrected chi connectivity index (χ1v) is 10.6. The van der Waals surface area contributed by atoms with Gasteiger partial charge in [0.1, 0.15) is 23.6 Å². The van der Waals surface area contributed by atoms with Crippen LogP contribution in [0.3, 0.4) is 0 Å².